The van der Waals surface area contributed by atoms with Crippen LogP contribution in [0.1, 0.15) is 40.5 Å². The van der Waals surface area contributed by atoms with Crippen LogP contribution < -0.4 is 10.6 Å². The van der Waals surface area contributed by atoms with E-state index in [0.717, 1.165) is 51.6 Å². The fraction of sp³-hybridized carbons (Fsp3) is 1.00. The van der Waals surface area contributed by atoms with Crippen LogP contribution in [0.4, 0.5) is 0 Å². The Labute approximate surface area is 102 Å². The van der Waals surface area contributed by atoms with Crippen LogP contribution in [0.15, 0.2) is 0 Å². The van der Waals surface area contributed by atoms with E-state index in [2.05, 4.69) is 24.5 Å². The molecule has 3 heteroatoms. The summed E-state index contributed by atoms with van der Waals surface area (Å²) in [6, 6.07) is 0. The van der Waals surface area contributed by atoms with Crippen LogP contribution in [0.25, 0.3) is 0 Å². The van der Waals surface area contributed by atoms with Gasteiger partial charge in [0, 0.05) is 13.2 Å². The summed E-state index contributed by atoms with van der Waals surface area (Å²) in [5.41, 5.74) is 0. The minimum Gasteiger partial charge on any atom is -0.381 e. The second kappa shape index (κ2) is 17.3. The highest BCUT2D eigenvalue weighted by Gasteiger charge is 1.92. The lowest BCUT2D eigenvalue weighted by Crippen LogP contribution is -2.21. The number of nitrogens with one attached hydrogen (secondary N) is 2. The van der Waals surface area contributed by atoms with Crippen molar-refractivity contribution in [3.8, 4) is 0 Å². The molecule has 0 atom stereocenters. The summed E-state index contributed by atoms with van der Waals surface area (Å²) in [4.78, 5) is 0. The summed E-state index contributed by atoms with van der Waals surface area (Å²) in [6.45, 7) is 13.4. The van der Waals surface area contributed by atoms with E-state index < -0.39 is 0 Å². The Morgan fingerprint density at radius 1 is 1.00 bits per heavy atom. The van der Waals surface area contributed by atoms with Crippen molar-refractivity contribution in [3.05, 3.63) is 0 Å². The van der Waals surface area contributed by atoms with Gasteiger partial charge in [0.25, 0.3) is 0 Å². The highest BCUT2D eigenvalue weighted by Crippen LogP contribution is 1.88. The lowest BCUT2D eigenvalue weighted by atomic mass is 10.2. The first-order valence-corrected chi connectivity index (χ1v) is 6.70. The van der Waals surface area contributed by atoms with Gasteiger partial charge in [-0.25, -0.2) is 0 Å². The van der Waals surface area contributed by atoms with Crippen molar-refractivity contribution >= 4 is 0 Å². The first-order chi connectivity index (χ1) is 7.77. The van der Waals surface area contributed by atoms with Crippen molar-refractivity contribution in [1.29, 1.82) is 0 Å². The largest absolute Gasteiger partial charge is 0.381 e. The lowest BCUT2D eigenvalue weighted by Gasteiger charge is -2.07. The molecule has 0 fully saturated rings. The normalized spacial score (nSPS) is 10.1. The van der Waals surface area contributed by atoms with E-state index in [0.29, 0.717) is 0 Å². The summed E-state index contributed by atoms with van der Waals surface area (Å²) >= 11 is 0. The number of hydrogen-bond donors (Lipinski definition) is 2. The standard InChI is InChI=1S/C11H26N2O.C2H6/c1-11(2)10-13-7-5-9-14-8-4-6-12-3;1-2/h11-13H,4-10H2,1-3H3;1-2H3. The molecule has 0 aliphatic rings. The third kappa shape index (κ3) is 19.5. The van der Waals surface area contributed by atoms with Gasteiger partial charge in [-0.1, -0.05) is 27.7 Å². The van der Waals surface area contributed by atoms with Gasteiger partial charge in [-0.3, -0.25) is 0 Å². The van der Waals surface area contributed by atoms with E-state index in [9.17, 15) is 0 Å². The Morgan fingerprint density at radius 3 is 2.06 bits per heavy atom. The van der Waals surface area contributed by atoms with Crippen LogP contribution in [0.5, 0.6) is 0 Å². The lowest BCUT2D eigenvalue weighted by molar-refractivity contribution is 0.129. The van der Waals surface area contributed by atoms with Gasteiger partial charge in [-0.15, -0.1) is 0 Å². The summed E-state index contributed by atoms with van der Waals surface area (Å²) in [7, 11) is 1.97. The molecule has 0 rings (SSSR count). The van der Waals surface area contributed by atoms with Gasteiger partial charge in [0.05, 0.1) is 0 Å². The molecule has 100 valence electrons. The Balaban J connectivity index is 0. The van der Waals surface area contributed by atoms with Crippen LogP contribution in [-0.2, 0) is 4.74 Å². The Bertz CT molecular complexity index is 108. The van der Waals surface area contributed by atoms with Crippen molar-refractivity contribution in [1.82, 2.24) is 10.6 Å². The molecule has 0 aromatic heterocycles. The van der Waals surface area contributed by atoms with E-state index in [1.807, 2.05) is 20.9 Å². The number of ether oxygens (including phenoxy) is 1. The third-order valence-corrected chi connectivity index (χ3v) is 1.91. The molecule has 0 aliphatic heterocycles. The second-order valence-electron chi connectivity index (χ2n) is 4.02. The fourth-order valence-corrected chi connectivity index (χ4v) is 1.14. The molecule has 0 unspecified atom stereocenters. The molecular weight excluding hydrogens is 200 g/mol. The SMILES string of the molecule is CC.CNCCCOCCCNCC(C)C. The zero-order chi connectivity index (χ0) is 12.6. The highest BCUT2D eigenvalue weighted by atomic mass is 16.5. The van der Waals surface area contributed by atoms with Crippen LogP contribution in [0.3, 0.4) is 0 Å². The first kappa shape index (κ1) is 18.3. The predicted molar refractivity (Wildman–Crippen MR) is 73.0 cm³/mol. The summed E-state index contributed by atoms with van der Waals surface area (Å²) in [5, 5.41) is 6.49. The minimum atomic E-state index is 0.742. The van der Waals surface area contributed by atoms with Crippen molar-refractivity contribution in [2.45, 2.75) is 40.5 Å². The molecule has 0 heterocycles. The van der Waals surface area contributed by atoms with Gasteiger partial charge in [-0.05, 0) is 45.4 Å². The monoisotopic (exact) mass is 232 g/mol. The Morgan fingerprint density at radius 2 is 1.56 bits per heavy atom. The molecule has 2 N–H and O–H groups in total. The quantitative estimate of drug-likeness (QED) is 0.567. The molecular formula is C13H32N2O. The molecule has 0 radical (unpaired) electrons. The predicted octanol–water partition coefficient (Wildman–Crippen LogP) is 2.27. The maximum Gasteiger partial charge on any atom is 0.0478 e. The smallest absolute Gasteiger partial charge is 0.0478 e. The molecule has 0 aromatic rings. The topological polar surface area (TPSA) is 33.3 Å². The Hall–Kier alpha value is -0.120. The molecule has 0 aromatic carbocycles. The van der Waals surface area contributed by atoms with Crippen molar-refractivity contribution in [3.63, 3.8) is 0 Å². The zero-order valence-electron chi connectivity index (χ0n) is 11.9. The van der Waals surface area contributed by atoms with E-state index in [1.165, 1.54) is 0 Å². The van der Waals surface area contributed by atoms with Crippen LogP contribution in [0, 0.1) is 5.92 Å². The number of rotatable bonds is 10. The molecule has 0 saturated heterocycles. The van der Waals surface area contributed by atoms with Gasteiger partial charge >= 0.3 is 0 Å². The fourth-order valence-electron chi connectivity index (χ4n) is 1.14. The van der Waals surface area contributed by atoms with Crippen molar-refractivity contribution < 1.29 is 4.74 Å². The summed E-state index contributed by atoms with van der Waals surface area (Å²) in [5.74, 6) is 0.742. The van der Waals surface area contributed by atoms with E-state index in [1.54, 1.807) is 0 Å². The van der Waals surface area contributed by atoms with E-state index in [-0.39, 0.29) is 0 Å². The van der Waals surface area contributed by atoms with Gasteiger partial charge in [0.2, 0.25) is 0 Å². The van der Waals surface area contributed by atoms with Gasteiger partial charge in [0.15, 0.2) is 0 Å². The molecule has 0 spiro atoms. The van der Waals surface area contributed by atoms with Crippen LogP contribution in [-0.4, -0.2) is 39.9 Å². The summed E-state index contributed by atoms with van der Waals surface area (Å²) < 4.78 is 5.46. The maximum absolute atomic E-state index is 5.46. The zero-order valence-corrected chi connectivity index (χ0v) is 11.9. The van der Waals surface area contributed by atoms with Crippen LogP contribution in [0.2, 0.25) is 0 Å². The maximum atomic E-state index is 5.46. The minimum absolute atomic E-state index is 0.742. The van der Waals surface area contributed by atoms with E-state index >= 15 is 0 Å². The molecule has 0 amide bonds. The average molecular weight is 232 g/mol. The van der Waals surface area contributed by atoms with E-state index in [4.69, 9.17) is 4.74 Å². The molecule has 16 heavy (non-hydrogen) atoms. The van der Waals surface area contributed by atoms with Crippen LogP contribution >= 0.6 is 0 Å². The number of hydrogen-bond acceptors (Lipinski definition) is 3. The third-order valence-electron chi connectivity index (χ3n) is 1.91. The van der Waals surface area contributed by atoms with Crippen molar-refractivity contribution in [2.75, 3.05) is 39.9 Å². The van der Waals surface area contributed by atoms with Gasteiger partial charge in [0.1, 0.15) is 0 Å². The molecule has 3 nitrogen and oxygen atoms in total. The average Bonchev–Trinajstić information content (AvgIpc) is 2.29. The second-order valence-corrected chi connectivity index (χ2v) is 4.02. The molecule has 0 bridgehead atoms. The highest BCUT2D eigenvalue weighted by molar-refractivity contribution is 4.50. The van der Waals surface area contributed by atoms with Crippen molar-refractivity contribution in [2.24, 2.45) is 5.92 Å². The first-order valence-electron chi connectivity index (χ1n) is 6.70. The molecule has 0 aliphatic carbocycles. The van der Waals surface area contributed by atoms with Gasteiger partial charge < -0.3 is 15.4 Å². The van der Waals surface area contributed by atoms with Gasteiger partial charge in [-0.2, -0.15) is 0 Å². The summed E-state index contributed by atoms with van der Waals surface area (Å²) in [6.07, 6.45) is 2.22. The molecule has 0 saturated carbocycles. The Kier molecular flexibility index (Phi) is 19.7.